The van der Waals surface area contributed by atoms with Crippen LogP contribution in [0, 0.1) is 11.3 Å². The van der Waals surface area contributed by atoms with Crippen LogP contribution in [-0.2, 0) is 9.53 Å². The predicted octanol–water partition coefficient (Wildman–Crippen LogP) is 2.91. The standard InChI is InChI=1S/C19H34N2O2/c1-4-23-18-13-17(19(18)9-5-6-10-19)20(3)14-16-7-11-21(12-8-16)15(2)22/h16-18H,4-14H2,1-3H3/t17-,18+/m0/s1. The Balaban J connectivity index is 1.53. The molecular weight excluding hydrogens is 288 g/mol. The van der Waals surface area contributed by atoms with Gasteiger partial charge in [-0.2, -0.15) is 0 Å². The van der Waals surface area contributed by atoms with E-state index in [0.29, 0.717) is 17.6 Å². The summed E-state index contributed by atoms with van der Waals surface area (Å²) >= 11 is 0. The van der Waals surface area contributed by atoms with Gasteiger partial charge in [-0.25, -0.2) is 0 Å². The maximum Gasteiger partial charge on any atom is 0.219 e. The molecule has 1 saturated heterocycles. The molecule has 0 aromatic carbocycles. The number of hydrogen-bond donors (Lipinski definition) is 0. The van der Waals surface area contributed by atoms with E-state index in [0.717, 1.165) is 25.6 Å². The molecule has 132 valence electrons. The highest BCUT2D eigenvalue weighted by molar-refractivity contribution is 5.73. The van der Waals surface area contributed by atoms with E-state index in [4.69, 9.17) is 4.74 Å². The van der Waals surface area contributed by atoms with Gasteiger partial charge in [-0.1, -0.05) is 12.8 Å². The molecule has 4 nitrogen and oxygen atoms in total. The van der Waals surface area contributed by atoms with E-state index in [2.05, 4.69) is 18.9 Å². The number of likely N-dealkylation sites (tertiary alicyclic amines) is 1. The van der Waals surface area contributed by atoms with Gasteiger partial charge in [0.05, 0.1) is 6.10 Å². The minimum absolute atomic E-state index is 0.236. The summed E-state index contributed by atoms with van der Waals surface area (Å²) in [6, 6.07) is 0.715. The minimum Gasteiger partial charge on any atom is -0.378 e. The van der Waals surface area contributed by atoms with E-state index >= 15 is 0 Å². The summed E-state index contributed by atoms with van der Waals surface area (Å²) in [6.45, 7) is 7.76. The van der Waals surface area contributed by atoms with Crippen LogP contribution in [0.15, 0.2) is 0 Å². The molecule has 3 rings (SSSR count). The molecule has 1 spiro atoms. The highest BCUT2D eigenvalue weighted by Crippen LogP contribution is 2.56. The number of rotatable bonds is 5. The van der Waals surface area contributed by atoms with Crippen molar-refractivity contribution in [1.82, 2.24) is 9.80 Å². The van der Waals surface area contributed by atoms with Gasteiger partial charge >= 0.3 is 0 Å². The van der Waals surface area contributed by atoms with Crippen molar-refractivity contribution in [3.8, 4) is 0 Å². The normalized spacial score (nSPS) is 30.9. The SMILES string of the molecule is CCO[C@@H]1C[C@H](N(C)CC2CCN(C(C)=O)CC2)C12CCCC2. The number of ether oxygens (including phenoxy) is 1. The summed E-state index contributed by atoms with van der Waals surface area (Å²) in [5.74, 6) is 0.987. The van der Waals surface area contributed by atoms with E-state index in [-0.39, 0.29) is 5.91 Å². The van der Waals surface area contributed by atoms with Crippen molar-refractivity contribution in [1.29, 1.82) is 0 Å². The van der Waals surface area contributed by atoms with Gasteiger partial charge in [-0.05, 0) is 52.0 Å². The predicted molar refractivity (Wildman–Crippen MR) is 92.3 cm³/mol. The van der Waals surface area contributed by atoms with E-state index < -0.39 is 0 Å². The maximum absolute atomic E-state index is 11.5. The number of carbonyl (C=O) groups excluding carboxylic acids is 1. The van der Waals surface area contributed by atoms with E-state index in [9.17, 15) is 4.79 Å². The second kappa shape index (κ2) is 7.10. The lowest BCUT2D eigenvalue weighted by Crippen LogP contribution is -2.63. The second-order valence-corrected chi connectivity index (χ2v) is 8.02. The van der Waals surface area contributed by atoms with Crippen LogP contribution in [-0.4, -0.2) is 61.1 Å². The van der Waals surface area contributed by atoms with Gasteiger partial charge in [0.1, 0.15) is 0 Å². The molecule has 2 atom stereocenters. The van der Waals surface area contributed by atoms with Crippen molar-refractivity contribution in [2.45, 2.75) is 70.9 Å². The Morgan fingerprint density at radius 1 is 1.26 bits per heavy atom. The van der Waals surface area contributed by atoms with Crippen LogP contribution in [0.25, 0.3) is 0 Å². The van der Waals surface area contributed by atoms with Crippen molar-refractivity contribution in [3.63, 3.8) is 0 Å². The van der Waals surface area contributed by atoms with Crippen molar-refractivity contribution in [2.75, 3.05) is 33.3 Å². The van der Waals surface area contributed by atoms with Gasteiger partial charge in [0.2, 0.25) is 5.91 Å². The number of amides is 1. The molecule has 0 bridgehead atoms. The summed E-state index contributed by atoms with van der Waals surface area (Å²) in [6.07, 6.45) is 9.52. The minimum atomic E-state index is 0.236. The molecule has 0 N–H and O–H groups in total. The molecule has 2 saturated carbocycles. The second-order valence-electron chi connectivity index (χ2n) is 8.02. The third-order valence-corrected chi connectivity index (χ3v) is 6.78. The van der Waals surface area contributed by atoms with Gasteiger partial charge in [0.15, 0.2) is 0 Å². The fourth-order valence-electron chi connectivity index (χ4n) is 5.43. The molecule has 3 aliphatic rings. The summed E-state index contributed by atoms with van der Waals surface area (Å²) in [7, 11) is 2.32. The van der Waals surface area contributed by atoms with E-state index in [1.807, 2.05) is 4.90 Å². The molecule has 3 fully saturated rings. The first-order valence-corrected chi connectivity index (χ1v) is 9.64. The Morgan fingerprint density at radius 3 is 2.48 bits per heavy atom. The lowest BCUT2D eigenvalue weighted by atomic mass is 9.60. The zero-order valence-corrected chi connectivity index (χ0v) is 15.2. The molecule has 0 aromatic rings. The molecule has 4 heteroatoms. The fourth-order valence-corrected chi connectivity index (χ4v) is 5.43. The molecule has 23 heavy (non-hydrogen) atoms. The van der Waals surface area contributed by atoms with Crippen LogP contribution in [0.3, 0.4) is 0 Å². The largest absolute Gasteiger partial charge is 0.378 e. The third-order valence-electron chi connectivity index (χ3n) is 6.78. The molecule has 2 aliphatic carbocycles. The van der Waals surface area contributed by atoms with E-state index in [1.54, 1.807) is 6.92 Å². The Labute approximate surface area is 141 Å². The Bertz CT molecular complexity index is 412. The zero-order valence-electron chi connectivity index (χ0n) is 15.2. The van der Waals surface area contributed by atoms with Crippen molar-refractivity contribution >= 4 is 5.91 Å². The number of hydrogen-bond acceptors (Lipinski definition) is 3. The maximum atomic E-state index is 11.5. The summed E-state index contributed by atoms with van der Waals surface area (Å²) in [4.78, 5) is 16.1. The number of piperidine rings is 1. The topological polar surface area (TPSA) is 32.8 Å². The lowest BCUT2D eigenvalue weighted by molar-refractivity contribution is -0.162. The van der Waals surface area contributed by atoms with Gasteiger partial charge in [-0.3, -0.25) is 4.79 Å². The van der Waals surface area contributed by atoms with Crippen LogP contribution < -0.4 is 0 Å². The fraction of sp³-hybridized carbons (Fsp3) is 0.947. The molecule has 0 radical (unpaired) electrons. The highest BCUT2D eigenvalue weighted by Gasteiger charge is 2.57. The molecule has 1 aliphatic heterocycles. The van der Waals surface area contributed by atoms with Crippen molar-refractivity contribution in [2.24, 2.45) is 11.3 Å². The van der Waals surface area contributed by atoms with Gasteiger partial charge in [0.25, 0.3) is 0 Å². The third kappa shape index (κ3) is 3.30. The van der Waals surface area contributed by atoms with Crippen molar-refractivity contribution in [3.05, 3.63) is 0 Å². The Morgan fingerprint density at radius 2 is 1.91 bits per heavy atom. The number of nitrogens with zero attached hydrogens (tertiary/aromatic N) is 2. The molecule has 1 heterocycles. The lowest BCUT2D eigenvalue weighted by Gasteiger charge is -2.57. The first-order chi connectivity index (χ1) is 11.1. The zero-order chi connectivity index (χ0) is 16.4. The quantitative estimate of drug-likeness (QED) is 0.780. The monoisotopic (exact) mass is 322 g/mol. The van der Waals surface area contributed by atoms with Gasteiger partial charge in [0, 0.05) is 44.6 Å². The smallest absolute Gasteiger partial charge is 0.219 e. The first kappa shape index (κ1) is 17.2. The molecular formula is C19H34N2O2. The van der Waals surface area contributed by atoms with Crippen LogP contribution in [0.4, 0.5) is 0 Å². The summed E-state index contributed by atoms with van der Waals surface area (Å²) < 4.78 is 6.06. The number of carbonyl (C=O) groups is 1. The van der Waals surface area contributed by atoms with Crippen LogP contribution in [0.1, 0.15) is 58.8 Å². The first-order valence-electron chi connectivity index (χ1n) is 9.64. The highest BCUT2D eigenvalue weighted by atomic mass is 16.5. The molecule has 1 amide bonds. The van der Waals surface area contributed by atoms with Crippen LogP contribution >= 0.6 is 0 Å². The van der Waals surface area contributed by atoms with Gasteiger partial charge < -0.3 is 14.5 Å². The molecule has 0 aromatic heterocycles. The Hall–Kier alpha value is -0.610. The van der Waals surface area contributed by atoms with Gasteiger partial charge in [-0.15, -0.1) is 0 Å². The van der Waals surface area contributed by atoms with Crippen LogP contribution in [0.5, 0.6) is 0 Å². The van der Waals surface area contributed by atoms with Crippen molar-refractivity contribution < 1.29 is 9.53 Å². The van der Waals surface area contributed by atoms with E-state index in [1.165, 1.54) is 51.5 Å². The Kier molecular flexibility index (Phi) is 5.32. The average Bonchev–Trinajstić information content (AvgIpc) is 3.04. The molecule has 0 unspecified atom stereocenters. The summed E-state index contributed by atoms with van der Waals surface area (Å²) in [5.41, 5.74) is 0.449. The summed E-state index contributed by atoms with van der Waals surface area (Å²) in [5, 5.41) is 0. The van der Waals surface area contributed by atoms with Crippen LogP contribution in [0.2, 0.25) is 0 Å². The average molecular weight is 322 g/mol.